The van der Waals surface area contributed by atoms with Crippen LogP contribution in [0.3, 0.4) is 0 Å². The maximum Gasteiger partial charge on any atom is 0.466 e. The van der Waals surface area contributed by atoms with Crippen LogP contribution in [0, 0.1) is 0 Å². The lowest BCUT2D eigenvalue weighted by atomic mass is 10.0. The van der Waals surface area contributed by atoms with Gasteiger partial charge >= 0.3 is 15.6 Å². The Bertz CT molecular complexity index is 306. The third-order valence-corrected chi connectivity index (χ3v) is 3.46. The highest BCUT2D eigenvalue weighted by Crippen LogP contribution is 2.26. The highest BCUT2D eigenvalue weighted by Gasteiger charge is 2.00. The summed E-state index contributed by atoms with van der Waals surface area (Å²) >= 11 is 0. The van der Waals surface area contributed by atoms with Crippen LogP contribution in [0.5, 0.6) is 0 Å². The minimum atomic E-state index is -4.64. The van der Waals surface area contributed by atoms with Crippen molar-refractivity contribution in [3.63, 3.8) is 0 Å². The normalized spacial score (nSPS) is 10.4. The third-order valence-electron chi connectivity index (χ3n) is 3.46. The van der Waals surface area contributed by atoms with Crippen LogP contribution >= 0.6 is 15.6 Å². The first-order chi connectivity index (χ1) is 11.9. The fraction of sp³-hybridized carbons (Fsp3) is 1.00. The summed E-state index contributed by atoms with van der Waals surface area (Å²) in [5.41, 5.74) is 0. The van der Waals surface area contributed by atoms with Gasteiger partial charge in [0.05, 0.1) is 0 Å². The van der Waals surface area contributed by atoms with E-state index in [0.29, 0.717) is 0 Å². The van der Waals surface area contributed by atoms with Crippen molar-refractivity contribution in [2.45, 2.75) is 111 Å². The molecule has 0 atom stereocenters. The fourth-order valence-corrected chi connectivity index (χ4v) is 2.27. The molecule has 28 heavy (non-hydrogen) atoms. The van der Waals surface area contributed by atoms with Crippen molar-refractivity contribution in [3.05, 3.63) is 0 Å². The van der Waals surface area contributed by atoms with E-state index in [1.54, 1.807) is 0 Å². The maximum atomic E-state index is 8.88. The monoisotopic (exact) mass is 456 g/mol. The second kappa shape index (κ2) is 27.2. The molecule has 0 aliphatic rings. The van der Waals surface area contributed by atoms with Crippen molar-refractivity contribution in [1.29, 1.82) is 0 Å². The predicted molar refractivity (Wildman–Crippen MR) is 115 cm³/mol. The van der Waals surface area contributed by atoms with Crippen molar-refractivity contribution in [2.24, 2.45) is 0 Å². The number of unbranched alkanes of at least 4 members (excludes halogenated alkanes) is 13. The van der Waals surface area contributed by atoms with Crippen LogP contribution in [0.4, 0.5) is 0 Å². The lowest BCUT2D eigenvalue weighted by Crippen LogP contribution is -1.82. The zero-order chi connectivity index (χ0) is 20.9. The molecule has 0 saturated heterocycles. The van der Waals surface area contributed by atoms with E-state index in [1.165, 1.54) is 89.9 Å². The molecule has 0 fully saturated rings. The Labute approximate surface area is 171 Å². The molecule has 0 rings (SSSR count). The minimum absolute atomic E-state index is 0. The molecule has 0 aliphatic heterocycles. The zero-order valence-electron chi connectivity index (χ0n) is 16.8. The van der Waals surface area contributed by atoms with Gasteiger partial charge in [-0.25, -0.2) is 9.13 Å². The highest BCUT2D eigenvalue weighted by atomic mass is 31.2. The van der Waals surface area contributed by atoms with Crippen molar-refractivity contribution < 1.29 is 44.0 Å². The molecule has 0 aromatic carbocycles. The van der Waals surface area contributed by atoms with E-state index in [9.17, 15) is 0 Å². The molecular formula is C17H46O9P2. The van der Waals surface area contributed by atoms with Crippen LogP contribution in [0.15, 0.2) is 0 Å². The standard InChI is InChI=1S/C16H34.CH4.2H3O4P.H2O/c1-3-5-7-9-11-13-15-16-14-12-10-8-6-4-2;;2*1-5(2,3)4;/h3-16H2,1-2H3;1H4;2*(H3,1,2,3,4);1H2. The first-order valence-electron chi connectivity index (χ1n) is 9.48. The average Bonchev–Trinajstić information content (AvgIpc) is 2.45. The van der Waals surface area contributed by atoms with E-state index < -0.39 is 15.6 Å². The second-order valence-corrected chi connectivity index (χ2v) is 8.32. The molecular weight excluding hydrogens is 410 g/mol. The Morgan fingerprint density at radius 1 is 0.464 bits per heavy atom. The van der Waals surface area contributed by atoms with Gasteiger partial charge in [0.25, 0.3) is 0 Å². The Morgan fingerprint density at radius 2 is 0.571 bits per heavy atom. The highest BCUT2D eigenvalue weighted by molar-refractivity contribution is 7.45. The van der Waals surface area contributed by atoms with Gasteiger partial charge in [-0.15, -0.1) is 0 Å². The lowest BCUT2D eigenvalue weighted by molar-refractivity contribution is 0.272. The summed E-state index contributed by atoms with van der Waals surface area (Å²) in [7, 11) is -9.28. The van der Waals surface area contributed by atoms with Crippen molar-refractivity contribution in [2.75, 3.05) is 0 Å². The first kappa shape index (κ1) is 38.7. The van der Waals surface area contributed by atoms with Crippen molar-refractivity contribution >= 4 is 15.6 Å². The van der Waals surface area contributed by atoms with E-state index in [0.717, 1.165) is 0 Å². The molecule has 0 saturated carbocycles. The van der Waals surface area contributed by atoms with Gasteiger partial charge in [-0.05, 0) is 0 Å². The number of phosphoric acid groups is 2. The molecule has 0 spiro atoms. The smallest absolute Gasteiger partial charge is 0.412 e. The van der Waals surface area contributed by atoms with Gasteiger partial charge in [-0.2, -0.15) is 0 Å². The number of hydrogen-bond acceptors (Lipinski definition) is 2. The van der Waals surface area contributed by atoms with Gasteiger partial charge in [0.15, 0.2) is 0 Å². The second-order valence-electron chi connectivity index (χ2n) is 6.27. The van der Waals surface area contributed by atoms with E-state index >= 15 is 0 Å². The SMILES string of the molecule is C.CCCCCCCCCCCCCCCC.O.O=P(O)(O)O.O=P(O)(O)O. The molecule has 0 amide bonds. The molecule has 11 heteroatoms. The third kappa shape index (κ3) is 95.6. The molecule has 9 nitrogen and oxygen atoms in total. The summed E-state index contributed by atoms with van der Waals surface area (Å²) < 4.78 is 17.8. The van der Waals surface area contributed by atoms with E-state index in [-0.39, 0.29) is 12.9 Å². The van der Waals surface area contributed by atoms with Crippen LogP contribution in [0.1, 0.15) is 111 Å². The Balaban J connectivity index is -0.000000122. The van der Waals surface area contributed by atoms with Gasteiger partial charge in [-0.1, -0.05) is 111 Å². The van der Waals surface area contributed by atoms with Gasteiger partial charge in [0, 0.05) is 0 Å². The Hall–Kier alpha value is 0.180. The van der Waals surface area contributed by atoms with Crippen molar-refractivity contribution in [1.82, 2.24) is 0 Å². The number of hydrogen-bond donors (Lipinski definition) is 6. The summed E-state index contributed by atoms with van der Waals surface area (Å²) in [4.78, 5) is 43.1. The van der Waals surface area contributed by atoms with Gasteiger partial charge in [-0.3, -0.25) is 0 Å². The minimum Gasteiger partial charge on any atom is -0.412 e. The van der Waals surface area contributed by atoms with Crippen LogP contribution < -0.4 is 0 Å². The Kier molecular flexibility index (Phi) is 37.6. The van der Waals surface area contributed by atoms with Crippen LogP contribution in [-0.2, 0) is 9.13 Å². The summed E-state index contributed by atoms with van der Waals surface area (Å²) in [6, 6.07) is 0. The molecule has 0 bridgehead atoms. The topological polar surface area (TPSA) is 187 Å². The maximum absolute atomic E-state index is 8.88. The molecule has 0 unspecified atom stereocenters. The molecule has 0 aromatic heterocycles. The van der Waals surface area contributed by atoms with Gasteiger partial charge in [0.1, 0.15) is 0 Å². The summed E-state index contributed by atoms with van der Waals surface area (Å²) in [6.07, 6.45) is 20.4. The van der Waals surface area contributed by atoms with Crippen LogP contribution in [0.25, 0.3) is 0 Å². The largest absolute Gasteiger partial charge is 0.466 e. The molecule has 178 valence electrons. The van der Waals surface area contributed by atoms with Gasteiger partial charge < -0.3 is 34.8 Å². The fourth-order valence-electron chi connectivity index (χ4n) is 2.27. The van der Waals surface area contributed by atoms with Gasteiger partial charge in [0.2, 0.25) is 0 Å². The summed E-state index contributed by atoms with van der Waals surface area (Å²) in [5, 5.41) is 0. The molecule has 0 radical (unpaired) electrons. The lowest BCUT2D eigenvalue weighted by Gasteiger charge is -2.02. The van der Waals surface area contributed by atoms with Crippen molar-refractivity contribution in [3.8, 4) is 0 Å². The zero-order valence-corrected chi connectivity index (χ0v) is 18.6. The number of rotatable bonds is 13. The van der Waals surface area contributed by atoms with E-state index in [2.05, 4.69) is 13.8 Å². The quantitative estimate of drug-likeness (QED) is 0.173. The summed E-state index contributed by atoms with van der Waals surface area (Å²) in [6.45, 7) is 4.58. The summed E-state index contributed by atoms with van der Waals surface area (Å²) in [5.74, 6) is 0. The van der Waals surface area contributed by atoms with Crippen LogP contribution in [-0.4, -0.2) is 34.8 Å². The average molecular weight is 456 g/mol. The molecule has 0 aliphatic carbocycles. The molecule has 0 heterocycles. The van der Waals surface area contributed by atoms with E-state index in [4.69, 9.17) is 38.5 Å². The molecule has 0 aromatic rings. The Morgan fingerprint density at radius 3 is 0.679 bits per heavy atom. The molecule has 8 N–H and O–H groups in total. The predicted octanol–water partition coefficient (Wildman–Crippen LogP) is 4.44. The van der Waals surface area contributed by atoms with E-state index in [1.807, 2.05) is 0 Å². The first-order valence-corrected chi connectivity index (χ1v) is 12.6. The van der Waals surface area contributed by atoms with Crippen LogP contribution in [0.2, 0.25) is 0 Å².